The monoisotopic (exact) mass is 375 g/mol. The van der Waals surface area contributed by atoms with Crippen molar-refractivity contribution in [3.05, 3.63) is 65.2 Å². The van der Waals surface area contributed by atoms with Gasteiger partial charge in [-0.1, -0.05) is 30.3 Å². The number of carbonyl (C=O) groups excluding carboxylic acids is 2. The second kappa shape index (κ2) is 6.10. The highest BCUT2D eigenvalue weighted by Crippen LogP contribution is 2.39. The van der Waals surface area contributed by atoms with Crippen LogP contribution in [0.1, 0.15) is 16.7 Å². The van der Waals surface area contributed by atoms with Crippen molar-refractivity contribution in [2.75, 3.05) is 11.9 Å². The lowest BCUT2D eigenvalue weighted by molar-refractivity contribution is -0.146. The van der Waals surface area contributed by atoms with E-state index < -0.39 is 40.7 Å². The number of anilines is 1. The number of alkyl halides is 3. The molecular formula is C18H12F3N3O3. The molecule has 0 aliphatic carbocycles. The summed E-state index contributed by atoms with van der Waals surface area (Å²) in [4.78, 5) is 26.6. The second-order valence-corrected chi connectivity index (χ2v) is 5.86. The summed E-state index contributed by atoms with van der Waals surface area (Å²) in [5, 5.41) is 19.7. The Morgan fingerprint density at radius 3 is 2.30 bits per heavy atom. The van der Waals surface area contributed by atoms with E-state index in [4.69, 9.17) is 5.26 Å². The highest BCUT2D eigenvalue weighted by molar-refractivity contribution is 6.22. The van der Waals surface area contributed by atoms with E-state index in [1.807, 2.05) is 0 Å². The van der Waals surface area contributed by atoms with Crippen LogP contribution in [0.5, 0.6) is 0 Å². The van der Waals surface area contributed by atoms with Gasteiger partial charge in [0.25, 0.3) is 11.6 Å². The Kier molecular flexibility index (Phi) is 4.16. The summed E-state index contributed by atoms with van der Waals surface area (Å²) in [6.45, 7) is 0. The van der Waals surface area contributed by atoms with E-state index in [1.165, 1.54) is 25.2 Å². The highest BCUT2D eigenvalue weighted by Gasteiger charge is 2.57. The number of amides is 3. The fourth-order valence-corrected chi connectivity index (χ4v) is 2.89. The number of nitriles is 1. The maximum Gasteiger partial charge on any atom is 0.417 e. The molecule has 0 radical (unpaired) electrons. The first kappa shape index (κ1) is 18.4. The van der Waals surface area contributed by atoms with Crippen LogP contribution in [0.4, 0.5) is 23.7 Å². The van der Waals surface area contributed by atoms with Crippen LogP contribution in [0, 0.1) is 11.3 Å². The van der Waals surface area contributed by atoms with Crippen molar-refractivity contribution < 1.29 is 27.9 Å². The van der Waals surface area contributed by atoms with Crippen LogP contribution in [0.3, 0.4) is 0 Å². The summed E-state index contributed by atoms with van der Waals surface area (Å²) in [5.74, 6) is -1.11. The number of imide groups is 1. The molecule has 1 aliphatic rings. The minimum absolute atomic E-state index is 0.0954. The first-order chi connectivity index (χ1) is 12.6. The number of hydrogen-bond donors (Lipinski definition) is 1. The lowest BCUT2D eigenvalue weighted by Crippen LogP contribution is -2.44. The van der Waals surface area contributed by atoms with E-state index >= 15 is 0 Å². The molecule has 2 aromatic rings. The number of halogens is 3. The van der Waals surface area contributed by atoms with Crippen molar-refractivity contribution in [3.63, 3.8) is 0 Å². The molecule has 138 valence electrons. The van der Waals surface area contributed by atoms with Crippen molar-refractivity contribution in [3.8, 4) is 6.07 Å². The zero-order chi connectivity index (χ0) is 20.0. The molecule has 0 unspecified atom stereocenters. The molecule has 1 saturated heterocycles. The fraction of sp³-hybridized carbons (Fsp3) is 0.167. The molecule has 0 bridgehead atoms. The molecule has 1 aliphatic heterocycles. The van der Waals surface area contributed by atoms with Gasteiger partial charge in [0.15, 0.2) is 0 Å². The summed E-state index contributed by atoms with van der Waals surface area (Å²) in [5.41, 5.74) is -4.57. The second-order valence-electron chi connectivity index (χ2n) is 5.86. The highest BCUT2D eigenvalue weighted by atomic mass is 19.4. The van der Waals surface area contributed by atoms with Crippen molar-refractivity contribution in [1.82, 2.24) is 4.90 Å². The number of carbonyl (C=O) groups is 2. The Bertz CT molecular complexity index is 969. The van der Waals surface area contributed by atoms with E-state index in [0.29, 0.717) is 11.0 Å². The molecular weight excluding hydrogens is 363 g/mol. The molecule has 0 spiro atoms. The SMILES string of the molecule is CN1C(=O)N(c2ccc(C#N)c(C(F)(F)F)c2)C(=O)[C@@]1(O)c1ccccc1. The lowest BCUT2D eigenvalue weighted by atomic mass is 10.0. The Labute approximate surface area is 151 Å². The Hall–Kier alpha value is -3.38. The molecule has 1 N–H and O–H groups in total. The minimum atomic E-state index is -4.85. The molecule has 3 amide bonds. The number of rotatable bonds is 2. The van der Waals surface area contributed by atoms with E-state index in [2.05, 4.69) is 0 Å². The predicted molar refractivity (Wildman–Crippen MR) is 87.1 cm³/mol. The van der Waals surface area contributed by atoms with Crippen LogP contribution in [-0.2, 0) is 16.7 Å². The van der Waals surface area contributed by atoms with E-state index in [-0.39, 0.29) is 5.56 Å². The molecule has 1 heterocycles. The number of aliphatic hydroxyl groups is 1. The third kappa shape index (κ3) is 2.71. The average molecular weight is 375 g/mol. The standard InChI is InChI=1S/C18H12F3N3O3/c1-23-16(26)24(15(25)17(23,27)12-5-3-2-4-6-12)13-8-7-11(10-22)14(9-13)18(19,20)21/h2-9,27H,1H3/t17-/m0/s1. The molecule has 6 nitrogen and oxygen atoms in total. The summed E-state index contributed by atoms with van der Waals surface area (Å²) >= 11 is 0. The van der Waals surface area contributed by atoms with Gasteiger partial charge in [-0.25, -0.2) is 9.69 Å². The first-order valence-corrected chi connectivity index (χ1v) is 7.64. The first-order valence-electron chi connectivity index (χ1n) is 7.64. The fourth-order valence-electron chi connectivity index (χ4n) is 2.89. The van der Waals surface area contributed by atoms with Gasteiger partial charge in [0.1, 0.15) is 0 Å². The van der Waals surface area contributed by atoms with Crippen molar-refractivity contribution in [1.29, 1.82) is 5.26 Å². The van der Waals surface area contributed by atoms with Crippen molar-refractivity contribution >= 4 is 17.6 Å². The molecule has 1 fully saturated rings. The van der Waals surface area contributed by atoms with Gasteiger partial charge in [0, 0.05) is 12.6 Å². The predicted octanol–water partition coefficient (Wildman–Crippen LogP) is 2.82. The molecule has 27 heavy (non-hydrogen) atoms. The Morgan fingerprint density at radius 1 is 1.11 bits per heavy atom. The number of hydrogen-bond acceptors (Lipinski definition) is 4. The van der Waals surface area contributed by atoms with Gasteiger partial charge in [-0.2, -0.15) is 18.4 Å². The van der Waals surface area contributed by atoms with Gasteiger partial charge in [-0.3, -0.25) is 9.69 Å². The Balaban J connectivity index is 2.13. The van der Waals surface area contributed by atoms with Crippen LogP contribution in [0.15, 0.2) is 48.5 Å². The number of likely N-dealkylation sites (N-methyl/N-ethyl adjacent to an activating group) is 1. The summed E-state index contributed by atoms with van der Waals surface area (Å²) in [6.07, 6.45) is -4.85. The number of nitrogens with zero attached hydrogens (tertiary/aromatic N) is 3. The van der Waals surface area contributed by atoms with Crippen molar-refractivity contribution in [2.24, 2.45) is 0 Å². The summed E-state index contributed by atoms with van der Waals surface area (Å²) in [6, 6.07) is 10.5. The zero-order valence-electron chi connectivity index (χ0n) is 13.9. The minimum Gasteiger partial charge on any atom is -0.359 e. The molecule has 3 rings (SSSR count). The van der Waals surface area contributed by atoms with Crippen LogP contribution in [0.25, 0.3) is 0 Å². The van der Waals surface area contributed by atoms with Gasteiger partial charge >= 0.3 is 12.2 Å². The van der Waals surface area contributed by atoms with Crippen LogP contribution < -0.4 is 4.90 Å². The van der Waals surface area contributed by atoms with Gasteiger partial charge in [0.05, 0.1) is 22.9 Å². The molecule has 2 aromatic carbocycles. The lowest BCUT2D eigenvalue weighted by Gasteiger charge is -2.26. The Morgan fingerprint density at radius 2 is 1.74 bits per heavy atom. The largest absolute Gasteiger partial charge is 0.417 e. The van der Waals surface area contributed by atoms with Gasteiger partial charge < -0.3 is 5.11 Å². The molecule has 0 aromatic heterocycles. The molecule has 9 heteroatoms. The van der Waals surface area contributed by atoms with Crippen LogP contribution in [-0.4, -0.2) is 29.0 Å². The van der Waals surface area contributed by atoms with Gasteiger partial charge in [-0.05, 0) is 18.2 Å². The maximum atomic E-state index is 13.2. The number of benzene rings is 2. The van der Waals surface area contributed by atoms with Gasteiger partial charge in [0.2, 0.25) is 0 Å². The number of urea groups is 1. The summed E-state index contributed by atoms with van der Waals surface area (Å²) in [7, 11) is 1.17. The normalized spacial score (nSPS) is 20.1. The van der Waals surface area contributed by atoms with E-state index in [1.54, 1.807) is 18.2 Å². The van der Waals surface area contributed by atoms with Gasteiger partial charge in [-0.15, -0.1) is 0 Å². The smallest absolute Gasteiger partial charge is 0.359 e. The molecule has 1 atom stereocenters. The quantitative estimate of drug-likeness (QED) is 0.818. The third-order valence-corrected chi connectivity index (χ3v) is 4.33. The van der Waals surface area contributed by atoms with E-state index in [9.17, 15) is 27.9 Å². The van der Waals surface area contributed by atoms with Crippen LogP contribution in [0.2, 0.25) is 0 Å². The van der Waals surface area contributed by atoms with Crippen LogP contribution >= 0.6 is 0 Å². The van der Waals surface area contributed by atoms with E-state index in [0.717, 1.165) is 17.0 Å². The van der Waals surface area contributed by atoms with Crippen molar-refractivity contribution in [2.45, 2.75) is 11.9 Å². The maximum absolute atomic E-state index is 13.2. The summed E-state index contributed by atoms with van der Waals surface area (Å²) < 4.78 is 39.6. The topological polar surface area (TPSA) is 84.6 Å². The molecule has 0 saturated carbocycles. The zero-order valence-corrected chi connectivity index (χ0v) is 13.9. The average Bonchev–Trinajstić information content (AvgIpc) is 2.82. The third-order valence-electron chi connectivity index (χ3n) is 4.33.